The van der Waals surface area contributed by atoms with E-state index in [1.165, 1.54) is 17.0 Å². The molecule has 0 saturated carbocycles. The second-order valence-electron chi connectivity index (χ2n) is 6.28. The van der Waals surface area contributed by atoms with Crippen molar-refractivity contribution in [3.63, 3.8) is 0 Å². The average Bonchev–Trinajstić information content (AvgIpc) is 3.03. The number of carbonyl (C=O) groups excluding carboxylic acids is 1. The molecule has 3 rings (SSSR count). The van der Waals surface area contributed by atoms with Gasteiger partial charge >= 0.3 is 0 Å². The van der Waals surface area contributed by atoms with E-state index in [1.807, 2.05) is 50.4 Å². The maximum absolute atomic E-state index is 12.4. The Morgan fingerprint density at radius 2 is 2.08 bits per heavy atom. The van der Waals surface area contributed by atoms with Crippen LogP contribution >= 0.6 is 11.3 Å². The first kappa shape index (κ1) is 18.0. The topological polar surface area (TPSA) is 76.9 Å². The Kier molecular flexibility index (Phi) is 5.27. The van der Waals surface area contributed by atoms with Gasteiger partial charge in [0.05, 0.1) is 28.4 Å². The van der Waals surface area contributed by atoms with E-state index in [0.29, 0.717) is 5.69 Å². The van der Waals surface area contributed by atoms with Crippen LogP contribution in [0.3, 0.4) is 0 Å². The van der Waals surface area contributed by atoms with Gasteiger partial charge in [0.1, 0.15) is 6.54 Å². The summed E-state index contributed by atoms with van der Waals surface area (Å²) in [5, 5.41) is 5.79. The number of aryl methyl sites for hydroxylation is 1. The van der Waals surface area contributed by atoms with Gasteiger partial charge in [0, 0.05) is 17.0 Å². The van der Waals surface area contributed by atoms with E-state index in [2.05, 4.69) is 15.3 Å². The lowest BCUT2D eigenvalue weighted by molar-refractivity contribution is -0.116. The number of hydrogen-bond donors (Lipinski definition) is 1. The van der Waals surface area contributed by atoms with Gasteiger partial charge in [-0.2, -0.15) is 0 Å². The number of thiazole rings is 1. The van der Waals surface area contributed by atoms with Crippen LogP contribution in [0.2, 0.25) is 0 Å². The average molecular weight is 368 g/mol. The third kappa shape index (κ3) is 4.05. The van der Waals surface area contributed by atoms with Crippen molar-refractivity contribution < 1.29 is 4.79 Å². The third-order valence-corrected chi connectivity index (χ3v) is 4.68. The molecule has 6 nitrogen and oxygen atoms in total. The second kappa shape index (κ2) is 7.61. The van der Waals surface area contributed by atoms with Crippen molar-refractivity contribution in [1.29, 1.82) is 0 Å². The maximum Gasteiger partial charge on any atom is 0.254 e. The summed E-state index contributed by atoms with van der Waals surface area (Å²) in [6.07, 6.45) is 1.42. The number of hydrogen-bond acceptors (Lipinski definition) is 5. The van der Waals surface area contributed by atoms with Crippen molar-refractivity contribution in [3.8, 4) is 11.3 Å². The summed E-state index contributed by atoms with van der Waals surface area (Å²) < 4.78 is 1.30. The molecule has 0 aliphatic rings. The molecule has 0 aliphatic heterocycles. The van der Waals surface area contributed by atoms with Crippen LogP contribution in [-0.2, 0) is 11.3 Å². The van der Waals surface area contributed by atoms with Crippen LogP contribution in [0.15, 0.2) is 46.8 Å². The molecule has 26 heavy (non-hydrogen) atoms. The molecule has 0 bridgehead atoms. The van der Waals surface area contributed by atoms with Crippen LogP contribution in [0.4, 0.5) is 5.69 Å². The highest BCUT2D eigenvalue weighted by Crippen LogP contribution is 2.28. The fraction of sp³-hybridized carbons (Fsp3) is 0.263. The van der Waals surface area contributed by atoms with Gasteiger partial charge in [-0.3, -0.25) is 14.2 Å². The molecule has 3 aromatic rings. The summed E-state index contributed by atoms with van der Waals surface area (Å²) in [5.41, 5.74) is 2.83. The van der Waals surface area contributed by atoms with Crippen LogP contribution in [0.5, 0.6) is 0 Å². The van der Waals surface area contributed by atoms with E-state index in [9.17, 15) is 9.59 Å². The standard InChI is InChI=1S/C19H20N4O2S/c1-12(2)16-8-19(25)23(11-20-16)9-18(24)22-15-7-5-4-6-14(15)17-10-26-13(3)21-17/h4-8,10-12H,9H2,1-3H3,(H,22,24). The van der Waals surface area contributed by atoms with Gasteiger partial charge in [-0.1, -0.05) is 32.0 Å². The summed E-state index contributed by atoms with van der Waals surface area (Å²) >= 11 is 1.56. The number of para-hydroxylation sites is 1. The highest BCUT2D eigenvalue weighted by atomic mass is 32.1. The molecule has 1 aromatic carbocycles. The summed E-state index contributed by atoms with van der Waals surface area (Å²) in [6, 6.07) is 8.96. The van der Waals surface area contributed by atoms with Crippen molar-refractivity contribution in [2.24, 2.45) is 0 Å². The van der Waals surface area contributed by atoms with Crippen molar-refractivity contribution >= 4 is 22.9 Å². The molecule has 0 fully saturated rings. The number of benzene rings is 1. The fourth-order valence-electron chi connectivity index (χ4n) is 2.52. The highest BCUT2D eigenvalue weighted by molar-refractivity contribution is 7.09. The van der Waals surface area contributed by atoms with Gasteiger partial charge in [-0.05, 0) is 18.9 Å². The molecule has 0 spiro atoms. The SMILES string of the molecule is Cc1nc(-c2ccccc2NC(=O)Cn2cnc(C(C)C)cc2=O)cs1. The Morgan fingerprint density at radius 3 is 2.73 bits per heavy atom. The van der Waals surface area contributed by atoms with Gasteiger partial charge in [-0.15, -0.1) is 11.3 Å². The monoisotopic (exact) mass is 368 g/mol. The van der Waals surface area contributed by atoms with Gasteiger partial charge in [0.25, 0.3) is 5.56 Å². The molecule has 0 aliphatic carbocycles. The Hall–Kier alpha value is -2.80. The summed E-state index contributed by atoms with van der Waals surface area (Å²) in [7, 11) is 0. The van der Waals surface area contributed by atoms with E-state index < -0.39 is 0 Å². The van der Waals surface area contributed by atoms with Gasteiger partial charge in [0.2, 0.25) is 5.91 Å². The number of aromatic nitrogens is 3. The first-order chi connectivity index (χ1) is 12.4. The Balaban J connectivity index is 1.78. The number of nitrogens with one attached hydrogen (secondary N) is 1. The quantitative estimate of drug-likeness (QED) is 0.748. The minimum Gasteiger partial charge on any atom is -0.324 e. The Labute approximate surface area is 155 Å². The molecular weight excluding hydrogens is 348 g/mol. The lowest BCUT2D eigenvalue weighted by atomic mass is 10.1. The van der Waals surface area contributed by atoms with Crippen LogP contribution in [0.25, 0.3) is 11.3 Å². The van der Waals surface area contributed by atoms with Gasteiger partial charge in [0.15, 0.2) is 0 Å². The second-order valence-corrected chi connectivity index (χ2v) is 7.34. The van der Waals surface area contributed by atoms with Crippen LogP contribution in [-0.4, -0.2) is 20.4 Å². The van der Waals surface area contributed by atoms with E-state index >= 15 is 0 Å². The van der Waals surface area contributed by atoms with Crippen molar-refractivity contribution in [2.75, 3.05) is 5.32 Å². The number of amides is 1. The number of rotatable bonds is 5. The molecule has 2 aromatic heterocycles. The zero-order valence-electron chi connectivity index (χ0n) is 14.9. The lowest BCUT2D eigenvalue weighted by Crippen LogP contribution is -2.28. The first-order valence-electron chi connectivity index (χ1n) is 8.32. The molecule has 7 heteroatoms. The molecule has 1 N–H and O–H groups in total. The van der Waals surface area contributed by atoms with Crippen LogP contribution in [0.1, 0.15) is 30.5 Å². The van der Waals surface area contributed by atoms with E-state index in [4.69, 9.17) is 0 Å². The summed E-state index contributed by atoms with van der Waals surface area (Å²) in [4.78, 5) is 33.3. The molecule has 0 unspecified atom stereocenters. The minimum atomic E-state index is -0.286. The normalized spacial score (nSPS) is 10.9. The molecule has 0 atom stereocenters. The Bertz CT molecular complexity index is 991. The zero-order valence-corrected chi connectivity index (χ0v) is 15.7. The fourth-order valence-corrected chi connectivity index (χ4v) is 3.13. The third-order valence-electron chi connectivity index (χ3n) is 3.90. The van der Waals surface area contributed by atoms with Crippen LogP contribution in [0, 0.1) is 6.92 Å². The van der Waals surface area contributed by atoms with Gasteiger partial charge in [-0.25, -0.2) is 9.97 Å². The maximum atomic E-state index is 12.4. The summed E-state index contributed by atoms with van der Waals surface area (Å²) in [5.74, 6) is -0.120. The lowest BCUT2D eigenvalue weighted by Gasteiger charge is -2.11. The number of anilines is 1. The number of carbonyl (C=O) groups is 1. The smallest absolute Gasteiger partial charge is 0.254 e. The van der Waals surface area contributed by atoms with Crippen LogP contribution < -0.4 is 10.9 Å². The van der Waals surface area contributed by atoms with Crippen molar-refractivity contribution in [3.05, 3.63) is 63.1 Å². The Morgan fingerprint density at radius 1 is 1.31 bits per heavy atom. The molecule has 0 radical (unpaired) electrons. The highest BCUT2D eigenvalue weighted by Gasteiger charge is 2.12. The van der Waals surface area contributed by atoms with E-state index in [0.717, 1.165) is 22.0 Å². The summed E-state index contributed by atoms with van der Waals surface area (Å²) in [6.45, 7) is 5.79. The molecule has 1 amide bonds. The van der Waals surface area contributed by atoms with Gasteiger partial charge < -0.3 is 5.32 Å². The molecule has 0 saturated heterocycles. The molecule has 2 heterocycles. The van der Waals surface area contributed by atoms with Crippen molar-refractivity contribution in [1.82, 2.24) is 14.5 Å². The number of nitrogens with zero attached hydrogens (tertiary/aromatic N) is 3. The predicted molar refractivity (Wildman–Crippen MR) is 104 cm³/mol. The van der Waals surface area contributed by atoms with Crippen molar-refractivity contribution in [2.45, 2.75) is 33.2 Å². The zero-order chi connectivity index (χ0) is 18.7. The van der Waals surface area contributed by atoms with E-state index in [-0.39, 0.29) is 23.9 Å². The minimum absolute atomic E-state index is 0.0887. The molecular formula is C19H20N4O2S. The van der Waals surface area contributed by atoms with E-state index in [1.54, 1.807) is 11.3 Å². The first-order valence-corrected chi connectivity index (χ1v) is 9.20. The molecule has 134 valence electrons. The largest absolute Gasteiger partial charge is 0.324 e. The predicted octanol–water partition coefficient (Wildman–Crippen LogP) is 3.44.